The van der Waals surface area contributed by atoms with E-state index in [4.69, 9.17) is 4.74 Å². The van der Waals surface area contributed by atoms with E-state index in [-0.39, 0.29) is 12.1 Å². The van der Waals surface area contributed by atoms with Gasteiger partial charge in [-0.1, -0.05) is 48.5 Å². The number of hydrogen-bond donors (Lipinski definition) is 0. The molecule has 0 saturated carbocycles. The fraction of sp³-hybridized carbons (Fsp3) is 0.167. The highest BCUT2D eigenvalue weighted by Crippen LogP contribution is 2.39. The third-order valence-electron chi connectivity index (χ3n) is 3.80. The van der Waals surface area contributed by atoms with Crippen LogP contribution in [-0.4, -0.2) is 5.97 Å². The summed E-state index contributed by atoms with van der Waals surface area (Å²) in [6.07, 6.45) is 2.20. The van der Waals surface area contributed by atoms with Crippen LogP contribution in [0.15, 0.2) is 66.3 Å². The quantitative estimate of drug-likeness (QED) is 0.609. The third kappa shape index (κ3) is 1.94. The third-order valence-corrected chi connectivity index (χ3v) is 3.80. The van der Waals surface area contributed by atoms with E-state index in [0.29, 0.717) is 12.0 Å². The van der Waals surface area contributed by atoms with Crippen molar-refractivity contribution in [3.05, 3.63) is 71.8 Å². The highest BCUT2D eigenvalue weighted by Gasteiger charge is 2.32. The van der Waals surface area contributed by atoms with Crippen LogP contribution in [0.4, 0.5) is 0 Å². The summed E-state index contributed by atoms with van der Waals surface area (Å²) in [6, 6.07) is 14.3. The normalized spacial score (nSPS) is 18.4. The molecular formula is C18H16O2. The zero-order chi connectivity index (χ0) is 14.1. The van der Waals surface area contributed by atoms with Crippen molar-refractivity contribution in [3.63, 3.8) is 0 Å². The predicted molar refractivity (Wildman–Crippen MR) is 80.3 cm³/mol. The average Bonchev–Trinajstić information content (AvgIpc) is 2.75. The number of rotatable bonds is 3. The standard InChI is InChI=1S/C18H16O2/c1-3-7-14-12(2)18(19)20-17(14)16-11-6-9-13-8-4-5-10-15(13)16/h3-6,8-11,17H,1,7H2,2H3. The fourth-order valence-electron chi connectivity index (χ4n) is 2.74. The van der Waals surface area contributed by atoms with E-state index in [9.17, 15) is 4.79 Å². The minimum atomic E-state index is -0.286. The summed E-state index contributed by atoms with van der Waals surface area (Å²) in [4.78, 5) is 11.9. The molecule has 2 aromatic carbocycles. The van der Waals surface area contributed by atoms with Crippen molar-refractivity contribution in [1.29, 1.82) is 0 Å². The Morgan fingerprint density at radius 2 is 1.95 bits per heavy atom. The molecule has 100 valence electrons. The molecule has 2 heteroatoms. The van der Waals surface area contributed by atoms with Gasteiger partial charge in [0.2, 0.25) is 0 Å². The van der Waals surface area contributed by atoms with Crippen molar-refractivity contribution in [2.75, 3.05) is 0 Å². The summed E-state index contributed by atoms with van der Waals surface area (Å²) in [5.41, 5.74) is 2.77. The second-order valence-electron chi connectivity index (χ2n) is 5.00. The second kappa shape index (κ2) is 4.97. The Labute approximate surface area is 118 Å². The molecule has 0 N–H and O–H groups in total. The molecule has 0 aromatic heterocycles. The molecule has 1 unspecified atom stereocenters. The second-order valence-corrected chi connectivity index (χ2v) is 5.00. The SMILES string of the molecule is C=CCC1=C(C)C(=O)OC1c1cccc2ccccc12. The molecule has 0 fully saturated rings. The van der Waals surface area contributed by atoms with E-state index < -0.39 is 0 Å². The molecule has 1 atom stereocenters. The van der Waals surface area contributed by atoms with Crippen LogP contribution >= 0.6 is 0 Å². The first-order valence-electron chi connectivity index (χ1n) is 6.71. The van der Waals surface area contributed by atoms with Gasteiger partial charge in [0.05, 0.1) is 0 Å². The molecule has 2 aromatic rings. The van der Waals surface area contributed by atoms with Gasteiger partial charge in [0, 0.05) is 11.1 Å². The summed E-state index contributed by atoms with van der Waals surface area (Å²) in [7, 11) is 0. The zero-order valence-corrected chi connectivity index (χ0v) is 11.4. The molecule has 20 heavy (non-hydrogen) atoms. The molecule has 1 aliphatic rings. The van der Waals surface area contributed by atoms with Crippen LogP contribution < -0.4 is 0 Å². The predicted octanol–water partition coefficient (Wildman–Crippen LogP) is 4.33. The first-order valence-corrected chi connectivity index (χ1v) is 6.71. The summed E-state index contributed by atoms with van der Waals surface area (Å²) in [5, 5.41) is 2.28. The number of fused-ring (bicyclic) bond motifs is 1. The summed E-state index contributed by atoms with van der Waals surface area (Å²) >= 11 is 0. The molecule has 0 spiro atoms. The Balaban J connectivity index is 2.16. The Hall–Kier alpha value is -2.35. The molecule has 1 heterocycles. The van der Waals surface area contributed by atoms with Gasteiger partial charge in [-0.05, 0) is 29.7 Å². The molecule has 3 rings (SSSR count). The van der Waals surface area contributed by atoms with E-state index in [1.54, 1.807) is 0 Å². The van der Waals surface area contributed by atoms with Crippen molar-refractivity contribution < 1.29 is 9.53 Å². The topological polar surface area (TPSA) is 26.3 Å². The molecular weight excluding hydrogens is 248 g/mol. The number of cyclic esters (lactones) is 1. The Morgan fingerprint density at radius 1 is 1.20 bits per heavy atom. The molecule has 0 aliphatic carbocycles. The van der Waals surface area contributed by atoms with Crippen LogP contribution in [0.1, 0.15) is 25.0 Å². The van der Waals surface area contributed by atoms with Gasteiger partial charge in [-0.25, -0.2) is 4.79 Å². The number of ether oxygens (including phenoxy) is 1. The van der Waals surface area contributed by atoms with E-state index in [0.717, 1.165) is 21.9 Å². The van der Waals surface area contributed by atoms with E-state index >= 15 is 0 Å². The maximum absolute atomic E-state index is 11.9. The highest BCUT2D eigenvalue weighted by atomic mass is 16.5. The number of esters is 1. The lowest BCUT2D eigenvalue weighted by molar-refractivity contribution is -0.139. The monoisotopic (exact) mass is 264 g/mol. The van der Waals surface area contributed by atoms with E-state index in [2.05, 4.69) is 24.8 Å². The number of carbonyl (C=O) groups is 1. The molecule has 0 radical (unpaired) electrons. The molecule has 2 nitrogen and oxygen atoms in total. The molecule has 1 aliphatic heterocycles. The Morgan fingerprint density at radius 3 is 2.75 bits per heavy atom. The van der Waals surface area contributed by atoms with Crippen LogP contribution in [-0.2, 0) is 9.53 Å². The van der Waals surface area contributed by atoms with Crippen molar-refractivity contribution in [2.24, 2.45) is 0 Å². The van der Waals surface area contributed by atoms with Gasteiger partial charge < -0.3 is 4.74 Å². The summed E-state index contributed by atoms with van der Waals surface area (Å²) in [5.74, 6) is -0.222. The number of carbonyl (C=O) groups excluding carboxylic acids is 1. The van der Waals surface area contributed by atoms with Crippen molar-refractivity contribution in [1.82, 2.24) is 0 Å². The van der Waals surface area contributed by atoms with Gasteiger partial charge in [0.15, 0.2) is 6.10 Å². The molecule has 0 bridgehead atoms. The van der Waals surface area contributed by atoms with Gasteiger partial charge in [0.1, 0.15) is 0 Å². The van der Waals surface area contributed by atoms with Gasteiger partial charge in [-0.2, -0.15) is 0 Å². The Kier molecular flexibility index (Phi) is 3.15. The molecule has 0 amide bonds. The lowest BCUT2D eigenvalue weighted by atomic mass is 9.93. The van der Waals surface area contributed by atoms with Gasteiger partial charge in [-0.15, -0.1) is 6.58 Å². The maximum Gasteiger partial charge on any atom is 0.334 e. The van der Waals surface area contributed by atoms with Crippen LogP contribution in [0.2, 0.25) is 0 Å². The lowest BCUT2D eigenvalue weighted by Crippen LogP contribution is -2.04. The first kappa shape index (κ1) is 12.7. The van der Waals surface area contributed by atoms with Gasteiger partial charge in [0.25, 0.3) is 0 Å². The van der Waals surface area contributed by atoms with Gasteiger partial charge >= 0.3 is 5.97 Å². The maximum atomic E-state index is 11.9. The van der Waals surface area contributed by atoms with Crippen LogP contribution in [0, 0.1) is 0 Å². The highest BCUT2D eigenvalue weighted by molar-refractivity contribution is 5.93. The first-order chi connectivity index (χ1) is 9.72. The number of hydrogen-bond acceptors (Lipinski definition) is 2. The largest absolute Gasteiger partial charge is 0.449 e. The van der Waals surface area contributed by atoms with Crippen LogP contribution in [0.5, 0.6) is 0 Å². The van der Waals surface area contributed by atoms with Crippen molar-refractivity contribution in [2.45, 2.75) is 19.4 Å². The summed E-state index contributed by atoms with van der Waals surface area (Å²) in [6.45, 7) is 5.60. The minimum Gasteiger partial charge on any atom is -0.449 e. The zero-order valence-electron chi connectivity index (χ0n) is 11.4. The average molecular weight is 264 g/mol. The fourth-order valence-corrected chi connectivity index (χ4v) is 2.74. The van der Waals surface area contributed by atoms with E-state index in [1.165, 1.54) is 0 Å². The van der Waals surface area contributed by atoms with Gasteiger partial charge in [-0.3, -0.25) is 0 Å². The van der Waals surface area contributed by atoms with E-state index in [1.807, 2.05) is 37.3 Å². The Bertz CT molecular complexity index is 720. The summed E-state index contributed by atoms with van der Waals surface area (Å²) < 4.78 is 5.57. The minimum absolute atomic E-state index is 0.222. The lowest BCUT2D eigenvalue weighted by Gasteiger charge is -2.16. The van der Waals surface area contributed by atoms with Crippen molar-refractivity contribution in [3.8, 4) is 0 Å². The van der Waals surface area contributed by atoms with Crippen molar-refractivity contribution >= 4 is 16.7 Å². The van der Waals surface area contributed by atoms with Crippen LogP contribution in [0.3, 0.4) is 0 Å². The smallest absolute Gasteiger partial charge is 0.334 e. The van der Waals surface area contributed by atoms with Crippen LogP contribution in [0.25, 0.3) is 10.8 Å². The number of benzene rings is 2. The molecule has 0 saturated heterocycles. The number of allylic oxidation sites excluding steroid dienone is 1.